The second-order valence-corrected chi connectivity index (χ2v) is 12.1. The van der Waals surface area contributed by atoms with Gasteiger partial charge in [-0.2, -0.15) is 13.2 Å². The number of hydrogen-bond acceptors (Lipinski definition) is 4. The molecule has 1 aliphatic carbocycles. The molecule has 236 valence electrons. The summed E-state index contributed by atoms with van der Waals surface area (Å²) in [4.78, 5) is 2.62. The second-order valence-electron chi connectivity index (χ2n) is 11.1. The van der Waals surface area contributed by atoms with E-state index >= 15 is 0 Å². The van der Waals surface area contributed by atoms with E-state index in [1.807, 2.05) is 18.2 Å². The largest absolute Gasteiger partial charge is 0.417 e. The molecule has 1 atom stereocenters. The summed E-state index contributed by atoms with van der Waals surface area (Å²) < 4.78 is 65.5. The van der Waals surface area contributed by atoms with Crippen LogP contribution in [-0.2, 0) is 25.6 Å². The Bertz CT molecular complexity index is 1430. The Hall–Kier alpha value is -2.62. The molecule has 9 heteroatoms. The maximum atomic E-state index is 14.8. The van der Waals surface area contributed by atoms with Gasteiger partial charge < -0.3 is 9.66 Å². The number of alkyl halides is 3. The van der Waals surface area contributed by atoms with Crippen LogP contribution >= 0.6 is 23.6 Å². The number of allylic oxidation sites excluding steroid dienone is 3. The summed E-state index contributed by atoms with van der Waals surface area (Å²) >= 11 is 6.84. The zero-order valence-electron chi connectivity index (χ0n) is 24.5. The van der Waals surface area contributed by atoms with Gasteiger partial charge in [-0.05, 0) is 92.0 Å². The molecule has 0 fully saturated rings. The third kappa shape index (κ3) is 9.44. The van der Waals surface area contributed by atoms with Crippen molar-refractivity contribution in [1.29, 1.82) is 0 Å². The van der Waals surface area contributed by atoms with Crippen LogP contribution in [0.5, 0.6) is 0 Å². The third-order valence-corrected chi connectivity index (χ3v) is 8.94. The number of aliphatic hydroxyl groups excluding tert-OH is 1. The molecule has 1 aliphatic rings. The van der Waals surface area contributed by atoms with Crippen molar-refractivity contribution in [2.45, 2.75) is 68.5 Å². The molecular weight excluding hydrogens is 610 g/mol. The zero-order valence-corrected chi connectivity index (χ0v) is 26.1. The molecule has 2 N–H and O–H groups in total. The van der Waals surface area contributed by atoms with Crippen molar-refractivity contribution < 1.29 is 27.2 Å². The van der Waals surface area contributed by atoms with Crippen LogP contribution in [0.15, 0.2) is 89.4 Å². The molecule has 0 aromatic heterocycles. The van der Waals surface area contributed by atoms with Crippen molar-refractivity contribution >= 4 is 23.6 Å². The minimum Gasteiger partial charge on any atom is -0.396 e. The first-order valence-electron chi connectivity index (χ1n) is 14.9. The summed E-state index contributed by atoms with van der Waals surface area (Å²) in [6, 6.07) is 17.5. The second kappa shape index (κ2) is 16.6. The third-order valence-electron chi connectivity index (χ3n) is 7.93. The number of aliphatic hydroxyl groups is 1. The van der Waals surface area contributed by atoms with Gasteiger partial charge in [-0.15, -0.1) is 0 Å². The fraction of sp³-hybridized carbons (Fsp3) is 0.371. The van der Waals surface area contributed by atoms with Crippen LogP contribution in [0.3, 0.4) is 0 Å². The molecule has 0 aliphatic heterocycles. The number of rotatable bonds is 15. The summed E-state index contributed by atoms with van der Waals surface area (Å²) in [5, 5.41) is 8.84. The molecule has 44 heavy (non-hydrogen) atoms. The Morgan fingerprint density at radius 2 is 1.75 bits per heavy atom. The van der Waals surface area contributed by atoms with Crippen LogP contribution in [0.2, 0.25) is 5.02 Å². The summed E-state index contributed by atoms with van der Waals surface area (Å²) in [6.07, 6.45) is 6.70. The zero-order chi connectivity index (χ0) is 31.5. The average Bonchev–Trinajstić information content (AvgIpc) is 3.02. The standard InChI is InChI=1S/C35H38ClF4NO2S/c36-34-28(16-9-18-31(34)35(38,39)40)23-41(24-30(26-12-3-1-4-13-26)27-14-5-2-6-15-27)19-8-7-11-25-21-32(37)29(17-10-20-42)33(22-25)44-43/h1,3-5,9,12-16,18,21-22,30,42-43H,2,6-8,10-11,17,19-20,23-24H2. The van der Waals surface area contributed by atoms with Gasteiger partial charge in [0.05, 0.1) is 10.6 Å². The Balaban J connectivity index is 1.54. The highest BCUT2D eigenvalue weighted by Crippen LogP contribution is 2.37. The molecule has 3 aromatic carbocycles. The van der Waals surface area contributed by atoms with Gasteiger partial charge in [-0.3, -0.25) is 4.90 Å². The van der Waals surface area contributed by atoms with Gasteiger partial charge in [-0.25, -0.2) is 4.39 Å². The number of unbranched alkanes of at least 4 members (excludes halogenated alkanes) is 1. The molecule has 3 aromatic rings. The normalized spacial score (nSPS) is 14.2. The number of nitrogens with zero attached hydrogens (tertiary/aromatic N) is 1. The van der Waals surface area contributed by atoms with Crippen LogP contribution in [0.25, 0.3) is 0 Å². The molecule has 0 spiro atoms. The minimum atomic E-state index is -4.54. The first kappa shape index (κ1) is 34.3. The average molecular weight is 648 g/mol. The highest BCUT2D eigenvalue weighted by Gasteiger charge is 2.34. The minimum absolute atomic E-state index is 0.0297. The molecule has 0 bridgehead atoms. The summed E-state index contributed by atoms with van der Waals surface area (Å²) in [5.74, 6) is -0.366. The molecule has 0 radical (unpaired) electrons. The molecule has 0 amide bonds. The van der Waals surface area contributed by atoms with Crippen LogP contribution in [0, 0.1) is 5.82 Å². The van der Waals surface area contributed by atoms with E-state index in [1.165, 1.54) is 17.7 Å². The van der Waals surface area contributed by atoms with Gasteiger partial charge >= 0.3 is 6.18 Å². The van der Waals surface area contributed by atoms with Crippen molar-refractivity contribution in [3.63, 3.8) is 0 Å². The van der Waals surface area contributed by atoms with Crippen molar-refractivity contribution in [3.8, 4) is 0 Å². The Morgan fingerprint density at radius 1 is 0.955 bits per heavy atom. The van der Waals surface area contributed by atoms with E-state index < -0.39 is 17.6 Å². The highest BCUT2D eigenvalue weighted by atomic mass is 35.5. The number of hydrogen-bond donors (Lipinski definition) is 2. The predicted octanol–water partition coefficient (Wildman–Crippen LogP) is 9.87. The lowest BCUT2D eigenvalue weighted by molar-refractivity contribution is -0.137. The van der Waals surface area contributed by atoms with Gasteiger partial charge in [-0.1, -0.05) is 72.3 Å². The molecule has 0 saturated heterocycles. The summed E-state index contributed by atoms with van der Waals surface area (Å²) in [7, 11) is 0. The first-order valence-corrected chi connectivity index (χ1v) is 16.1. The number of aryl methyl sites for hydroxylation is 1. The van der Waals surface area contributed by atoms with Crippen LogP contribution in [0.4, 0.5) is 17.6 Å². The lowest BCUT2D eigenvalue weighted by Crippen LogP contribution is -2.30. The number of halogens is 5. The molecule has 3 nitrogen and oxygen atoms in total. The van der Waals surface area contributed by atoms with Crippen LogP contribution < -0.4 is 0 Å². The van der Waals surface area contributed by atoms with E-state index in [9.17, 15) is 22.1 Å². The Morgan fingerprint density at radius 3 is 2.43 bits per heavy atom. The first-order chi connectivity index (χ1) is 21.2. The van der Waals surface area contributed by atoms with Crippen LogP contribution in [-0.4, -0.2) is 34.3 Å². The van der Waals surface area contributed by atoms with Gasteiger partial charge in [0.2, 0.25) is 0 Å². The smallest absolute Gasteiger partial charge is 0.396 e. The maximum Gasteiger partial charge on any atom is 0.417 e. The SMILES string of the molecule is OCCCc1c(F)cc(CCCCN(Cc2cccc(C(F)(F)F)c2Cl)CC(C2=CCCC=C2)c2ccccc2)cc1SO. The predicted molar refractivity (Wildman–Crippen MR) is 171 cm³/mol. The van der Waals surface area contributed by atoms with Crippen LogP contribution in [0.1, 0.15) is 65.8 Å². The van der Waals surface area contributed by atoms with Crippen molar-refractivity contribution in [1.82, 2.24) is 4.90 Å². The summed E-state index contributed by atoms with van der Waals surface area (Å²) in [6.45, 7) is 1.39. The Labute approximate surface area is 266 Å². The quantitative estimate of drug-likeness (QED) is 0.0979. The lowest BCUT2D eigenvalue weighted by atomic mass is 9.87. The Kier molecular flexibility index (Phi) is 12.9. The maximum absolute atomic E-state index is 14.8. The van der Waals surface area contributed by atoms with E-state index in [1.54, 1.807) is 12.1 Å². The van der Waals surface area contributed by atoms with E-state index in [2.05, 4.69) is 35.3 Å². The summed E-state index contributed by atoms with van der Waals surface area (Å²) in [5.41, 5.74) is 3.07. The van der Waals surface area contributed by atoms with Crippen molar-refractivity contribution in [2.75, 3.05) is 19.7 Å². The van der Waals surface area contributed by atoms with Crippen molar-refractivity contribution in [2.24, 2.45) is 0 Å². The van der Waals surface area contributed by atoms with E-state index in [0.29, 0.717) is 60.4 Å². The molecule has 4 rings (SSSR count). The topological polar surface area (TPSA) is 43.7 Å². The van der Waals surface area contributed by atoms with Gasteiger partial charge in [0.25, 0.3) is 0 Å². The molecule has 1 unspecified atom stereocenters. The van der Waals surface area contributed by atoms with E-state index in [4.69, 9.17) is 16.7 Å². The fourth-order valence-corrected chi connectivity index (χ4v) is 6.50. The lowest BCUT2D eigenvalue weighted by Gasteiger charge is -2.30. The fourth-order valence-electron chi connectivity index (χ4n) is 5.69. The van der Waals surface area contributed by atoms with E-state index in [0.717, 1.165) is 42.9 Å². The van der Waals surface area contributed by atoms with Gasteiger partial charge in [0.1, 0.15) is 5.82 Å². The van der Waals surface area contributed by atoms with E-state index in [-0.39, 0.29) is 24.1 Å². The number of benzene rings is 3. The van der Waals surface area contributed by atoms with Gasteiger partial charge in [0, 0.05) is 48.1 Å². The monoisotopic (exact) mass is 647 g/mol. The molecular formula is C35H38ClF4NO2S. The molecule has 0 heterocycles. The van der Waals surface area contributed by atoms with Crippen molar-refractivity contribution in [3.05, 3.63) is 123 Å². The molecule has 0 saturated carbocycles. The van der Waals surface area contributed by atoms with Gasteiger partial charge in [0.15, 0.2) is 0 Å². The highest BCUT2D eigenvalue weighted by molar-refractivity contribution is 7.93.